The van der Waals surface area contributed by atoms with Crippen molar-refractivity contribution >= 4 is 18.0 Å². The number of carbonyl (C=O) groups is 2. The summed E-state index contributed by atoms with van der Waals surface area (Å²) >= 11 is 0. The normalized spacial score (nSPS) is 11.1. The highest BCUT2D eigenvalue weighted by atomic mass is 16.5. The van der Waals surface area contributed by atoms with Gasteiger partial charge in [-0.05, 0) is 78.8 Å². The zero-order chi connectivity index (χ0) is 20.1. The maximum Gasteiger partial charge on any atom is 0.336 e. The molecule has 4 nitrogen and oxygen atoms in total. The molecule has 2 aromatic rings. The average molecular weight is 366 g/mol. The van der Waals surface area contributed by atoms with Crippen molar-refractivity contribution in [2.24, 2.45) is 0 Å². The molecule has 0 aliphatic carbocycles. The molecule has 4 heteroatoms. The molecule has 0 fully saturated rings. The fourth-order valence-electron chi connectivity index (χ4n) is 2.90. The molecule has 0 saturated carbocycles. The number of carbonyl (C=O) groups excluding carboxylic acids is 2. The van der Waals surface area contributed by atoms with E-state index in [1.807, 2.05) is 51.1 Å². The van der Waals surface area contributed by atoms with E-state index in [0.717, 1.165) is 27.8 Å². The van der Waals surface area contributed by atoms with Gasteiger partial charge in [0.25, 0.3) is 0 Å². The molecule has 0 spiro atoms. The third kappa shape index (κ3) is 5.55. The Labute approximate surface area is 160 Å². The van der Waals surface area contributed by atoms with Gasteiger partial charge in [0.2, 0.25) is 0 Å². The molecule has 2 aromatic carbocycles. The van der Waals surface area contributed by atoms with Crippen LogP contribution < -0.4 is 9.47 Å². The van der Waals surface area contributed by atoms with E-state index < -0.39 is 5.97 Å². The van der Waals surface area contributed by atoms with Crippen LogP contribution >= 0.6 is 0 Å². The van der Waals surface area contributed by atoms with Crippen LogP contribution in [0.25, 0.3) is 6.08 Å². The molecule has 27 heavy (non-hydrogen) atoms. The molecule has 0 N–H and O–H groups in total. The summed E-state index contributed by atoms with van der Waals surface area (Å²) in [6.45, 7) is 11.2. The quantitative estimate of drug-likeness (QED) is 0.410. The molecule has 0 aliphatic heterocycles. The molecule has 0 amide bonds. The SMILES string of the molecule is CC(=O)Oc1c(C)cc(/C=C/C(=O)Oc2cc(C)ccc2C(C)C)cc1C. The lowest BCUT2D eigenvalue weighted by atomic mass is 10.0. The van der Waals surface area contributed by atoms with Gasteiger partial charge in [-0.25, -0.2) is 4.79 Å². The lowest BCUT2D eigenvalue weighted by Crippen LogP contribution is -2.07. The number of aryl methyl sites for hydroxylation is 3. The van der Waals surface area contributed by atoms with Crippen molar-refractivity contribution in [3.8, 4) is 11.5 Å². The van der Waals surface area contributed by atoms with Gasteiger partial charge in [-0.1, -0.05) is 26.0 Å². The second-order valence-corrected chi connectivity index (χ2v) is 7.03. The van der Waals surface area contributed by atoms with Crippen LogP contribution in [0.3, 0.4) is 0 Å². The number of benzene rings is 2. The summed E-state index contributed by atoms with van der Waals surface area (Å²) in [5.41, 5.74) is 4.54. The highest BCUT2D eigenvalue weighted by Gasteiger charge is 2.11. The molecule has 0 atom stereocenters. The molecule has 0 radical (unpaired) electrons. The number of esters is 2. The maximum absolute atomic E-state index is 12.3. The monoisotopic (exact) mass is 366 g/mol. The molecular weight excluding hydrogens is 340 g/mol. The first kappa shape index (κ1) is 20.4. The first-order valence-corrected chi connectivity index (χ1v) is 8.97. The molecule has 0 aromatic heterocycles. The number of rotatable bonds is 5. The van der Waals surface area contributed by atoms with E-state index in [1.165, 1.54) is 13.0 Å². The van der Waals surface area contributed by atoms with Crippen LogP contribution in [-0.2, 0) is 9.59 Å². The third-order valence-electron chi connectivity index (χ3n) is 4.14. The van der Waals surface area contributed by atoms with E-state index in [-0.39, 0.29) is 11.9 Å². The van der Waals surface area contributed by atoms with Gasteiger partial charge in [-0.2, -0.15) is 0 Å². The molecule has 0 unspecified atom stereocenters. The topological polar surface area (TPSA) is 52.6 Å². The minimum Gasteiger partial charge on any atom is -0.426 e. The zero-order valence-corrected chi connectivity index (χ0v) is 16.8. The Hall–Kier alpha value is -2.88. The van der Waals surface area contributed by atoms with Gasteiger partial charge < -0.3 is 9.47 Å². The van der Waals surface area contributed by atoms with Gasteiger partial charge in [-0.15, -0.1) is 0 Å². The summed E-state index contributed by atoms with van der Waals surface area (Å²) in [5.74, 6) is 0.631. The van der Waals surface area contributed by atoms with Gasteiger partial charge in [-0.3, -0.25) is 4.79 Å². The molecule has 0 bridgehead atoms. The van der Waals surface area contributed by atoms with Crippen LogP contribution in [0, 0.1) is 20.8 Å². The first-order valence-electron chi connectivity index (χ1n) is 8.97. The summed E-state index contributed by atoms with van der Waals surface area (Å²) in [6, 6.07) is 9.61. The summed E-state index contributed by atoms with van der Waals surface area (Å²) in [7, 11) is 0. The number of ether oxygens (including phenoxy) is 2. The first-order chi connectivity index (χ1) is 12.7. The van der Waals surface area contributed by atoms with Gasteiger partial charge in [0.1, 0.15) is 11.5 Å². The van der Waals surface area contributed by atoms with Crippen molar-refractivity contribution < 1.29 is 19.1 Å². The highest BCUT2D eigenvalue weighted by molar-refractivity contribution is 5.89. The fourth-order valence-corrected chi connectivity index (χ4v) is 2.90. The standard InChI is InChI=1S/C23H26O4/c1-14(2)20-9-7-15(3)11-21(20)27-22(25)10-8-19-12-16(4)23(17(5)13-19)26-18(6)24/h7-14H,1-6H3/b10-8+. The van der Waals surface area contributed by atoms with E-state index in [1.54, 1.807) is 6.08 Å². The van der Waals surface area contributed by atoms with Crippen LogP contribution in [0.1, 0.15) is 54.5 Å². The Morgan fingerprint density at radius 3 is 2.15 bits per heavy atom. The largest absolute Gasteiger partial charge is 0.426 e. The van der Waals surface area contributed by atoms with E-state index in [4.69, 9.17) is 9.47 Å². The number of hydrogen-bond acceptors (Lipinski definition) is 4. The summed E-state index contributed by atoms with van der Waals surface area (Å²) in [6.07, 6.45) is 3.11. The van der Waals surface area contributed by atoms with E-state index in [9.17, 15) is 9.59 Å². The van der Waals surface area contributed by atoms with Crippen molar-refractivity contribution in [1.82, 2.24) is 0 Å². The van der Waals surface area contributed by atoms with E-state index in [2.05, 4.69) is 13.8 Å². The van der Waals surface area contributed by atoms with E-state index in [0.29, 0.717) is 11.5 Å². The zero-order valence-electron chi connectivity index (χ0n) is 16.8. The second kappa shape index (κ2) is 8.67. The predicted octanol–water partition coefficient (Wildman–Crippen LogP) is 5.28. The van der Waals surface area contributed by atoms with Gasteiger partial charge in [0.15, 0.2) is 0 Å². The highest BCUT2D eigenvalue weighted by Crippen LogP contribution is 2.28. The maximum atomic E-state index is 12.3. The van der Waals surface area contributed by atoms with Crippen LogP contribution in [0.15, 0.2) is 36.4 Å². The average Bonchev–Trinajstić information content (AvgIpc) is 2.56. The van der Waals surface area contributed by atoms with Gasteiger partial charge in [0.05, 0.1) is 0 Å². The van der Waals surface area contributed by atoms with Crippen molar-refractivity contribution in [2.75, 3.05) is 0 Å². The molecular formula is C23H26O4. The molecule has 0 heterocycles. The number of hydrogen-bond donors (Lipinski definition) is 0. The smallest absolute Gasteiger partial charge is 0.336 e. The Morgan fingerprint density at radius 2 is 1.59 bits per heavy atom. The Bertz CT molecular complexity index is 868. The van der Waals surface area contributed by atoms with Crippen LogP contribution in [0.2, 0.25) is 0 Å². The Kier molecular flexibility index (Phi) is 6.56. The van der Waals surface area contributed by atoms with Crippen molar-refractivity contribution in [3.05, 3.63) is 64.2 Å². The Balaban J connectivity index is 2.18. The minimum atomic E-state index is -0.429. The molecule has 2 rings (SSSR count). The molecule has 142 valence electrons. The molecule has 0 aliphatic rings. The van der Waals surface area contributed by atoms with Crippen molar-refractivity contribution in [1.29, 1.82) is 0 Å². The van der Waals surface area contributed by atoms with Crippen molar-refractivity contribution in [3.63, 3.8) is 0 Å². The van der Waals surface area contributed by atoms with Gasteiger partial charge in [0, 0.05) is 13.0 Å². The Morgan fingerprint density at radius 1 is 0.963 bits per heavy atom. The lowest BCUT2D eigenvalue weighted by Gasteiger charge is -2.13. The van der Waals surface area contributed by atoms with Crippen LogP contribution in [0.5, 0.6) is 11.5 Å². The van der Waals surface area contributed by atoms with Crippen LogP contribution in [-0.4, -0.2) is 11.9 Å². The van der Waals surface area contributed by atoms with Gasteiger partial charge >= 0.3 is 11.9 Å². The third-order valence-corrected chi connectivity index (χ3v) is 4.14. The lowest BCUT2D eigenvalue weighted by molar-refractivity contribution is -0.132. The summed E-state index contributed by atoms with van der Waals surface area (Å²) in [4.78, 5) is 23.5. The minimum absolute atomic E-state index is 0.261. The summed E-state index contributed by atoms with van der Waals surface area (Å²) < 4.78 is 10.8. The molecule has 0 saturated heterocycles. The van der Waals surface area contributed by atoms with Crippen LogP contribution in [0.4, 0.5) is 0 Å². The van der Waals surface area contributed by atoms with E-state index >= 15 is 0 Å². The fraction of sp³-hybridized carbons (Fsp3) is 0.304. The predicted molar refractivity (Wildman–Crippen MR) is 107 cm³/mol. The summed E-state index contributed by atoms with van der Waals surface area (Å²) in [5, 5.41) is 0. The second-order valence-electron chi connectivity index (χ2n) is 7.03. The van der Waals surface area contributed by atoms with Crippen molar-refractivity contribution in [2.45, 2.75) is 47.5 Å².